The SMILES string of the molecule is COC(=O)[C@@H](N)Cc1cccs1.Cl. The monoisotopic (exact) mass is 221 g/mol. The Morgan fingerprint density at radius 2 is 2.46 bits per heavy atom. The fourth-order valence-corrected chi connectivity index (χ4v) is 1.65. The highest BCUT2D eigenvalue weighted by atomic mass is 35.5. The van der Waals surface area contributed by atoms with Gasteiger partial charge in [0.05, 0.1) is 7.11 Å². The van der Waals surface area contributed by atoms with E-state index < -0.39 is 6.04 Å². The summed E-state index contributed by atoms with van der Waals surface area (Å²) in [5, 5.41) is 1.96. The van der Waals surface area contributed by atoms with Gasteiger partial charge in [-0.05, 0) is 11.4 Å². The first kappa shape index (κ1) is 12.4. The second kappa shape index (κ2) is 5.96. The van der Waals surface area contributed by atoms with E-state index in [0.29, 0.717) is 6.42 Å². The van der Waals surface area contributed by atoms with Crippen molar-refractivity contribution in [3.05, 3.63) is 22.4 Å². The van der Waals surface area contributed by atoms with Crippen LogP contribution in [0.2, 0.25) is 0 Å². The predicted octanol–water partition coefficient (Wildman–Crippen LogP) is 1.21. The molecule has 0 radical (unpaired) electrons. The van der Waals surface area contributed by atoms with Gasteiger partial charge in [0.15, 0.2) is 0 Å². The number of methoxy groups -OCH3 is 1. The molecule has 0 fully saturated rings. The molecule has 0 bridgehead atoms. The van der Waals surface area contributed by atoms with E-state index >= 15 is 0 Å². The van der Waals surface area contributed by atoms with Gasteiger partial charge in [0.2, 0.25) is 0 Å². The highest BCUT2D eigenvalue weighted by Crippen LogP contribution is 2.10. The molecule has 1 rings (SSSR count). The Morgan fingerprint density at radius 3 is 2.92 bits per heavy atom. The summed E-state index contributed by atoms with van der Waals surface area (Å²) in [7, 11) is 1.34. The van der Waals surface area contributed by atoms with Gasteiger partial charge in [-0.25, -0.2) is 0 Å². The lowest BCUT2D eigenvalue weighted by molar-refractivity contribution is -0.142. The minimum absolute atomic E-state index is 0. The Kier molecular flexibility index (Phi) is 5.70. The molecule has 0 saturated heterocycles. The molecule has 1 atom stereocenters. The Morgan fingerprint density at radius 1 is 1.77 bits per heavy atom. The van der Waals surface area contributed by atoms with Crippen molar-refractivity contribution in [2.24, 2.45) is 5.73 Å². The number of esters is 1. The van der Waals surface area contributed by atoms with Crippen LogP contribution in [0.5, 0.6) is 0 Å². The maximum Gasteiger partial charge on any atom is 0.323 e. The second-order valence-corrected chi connectivity index (χ2v) is 3.45. The van der Waals surface area contributed by atoms with Crippen LogP contribution in [-0.2, 0) is 16.0 Å². The van der Waals surface area contributed by atoms with Gasteiger partial charge in [0.1, 0.15) is 6.04 Å². The van der Waals surface area contributed by atoms with E-state index in [1.807, 2.05) is 17.5 Å². The number of carbonyl (C=O) groups excluding carboxylic acids is 1. The summed E-state index contributed by atoms with van der Waals surface area (Å²) in [6, 6.07) is 3.35. The minimum atomic E-state index is -0.534. The number of carbonyl (C=O) groups is 1. The van der Waals surface area contributed by atoms with Crippen molar-refractivity contribution in [1.82, 2.24) is 0 Å². The molecule has 0 spiro atoms. The van der Waals surface area contributed by atoms with E-state index in [1.165, 1.54) is 7.11 Å². The van der Waals surface area contributed by atoms with Crippen LogP contribution < -0.4 is 5.73 Å². The standard InChI is InChI=1S/C8H11NO2S.ClH/c1-11-8(10)7(9)5-6-3-2-4-12-6;/h2-4,7H,5,9H2,1H3;1H/t7-;/m0./s1. The molecule has 0 aromatic carbocycles. The maximum absolute atomic E-state index is 10.9. The Bertz CT molecular complexity index is 251. The summed E-state index contributed by atoms with van der Waals surface area (Å²) in [6.45, 7) is 0. The third-order valence-corrected chi connectivity index (χ3v) is 2.40. The van der Waals surface area contributed by atoms with Crippen LogP contribution in [0.25, 0.3) is 0 Å². The van der Waals surface area contributed by atoms with Crippen molar-refractivity contribution in [2.75, 3.05) is 7.11 Å². The zero-order chi connectivity index (χ0) is 8.97. The van der Waals surface area contributed by atoms with Crippen LogP contribution in [0.1, 0.15) is 4.88 Å². The molecule has 0 aliphatic carbocycles. The van der Waals surface area contributed by atoms with Crippen LogP contribution in [-0.4, -0.2) is 19.1 Å². The summed E-state index contributed by atoms with van der Waals surface area (Å²) in [6.07, 6.45) is 0.560. The topological polar surface area (TPSA) is 52.3 Å². The molecule has 2 N–H and O–H groups in total. The van der Waals surface area contributed by atoms with Crippen LogP contribution in [0.4, 0.5) is 0 Å². The third-order valence-electron chi connectivity index (χ3n) is 1.51. The van der Waals surface area contributed by atoms with Crippen LogP contribution in [0, 0.1) is 0 Å². The quantitative estimate of drug-likeness (QED) is 0.781. The van der Waals surface area contributed by atoms with Gasteiger partial charge in [-0.15, -0.1) is 23.7 Å². The van der Waals surface area contributed by atoms with Crippen molar-refractivity contribution < 1.29 is 9.53 Å². The van der Waals surface area contributed by atoms with Crippen molar-refractivity contribution in [2.45, 2.75) is 12.5 Å². The van der Waals surface area contributed by atoms with E-state index in [0.717, 1.165) is 4.88 Å². The van der Waals surface area contributed by atoms with Gasteiger partial charge < -0.3 is 10.5 Å². The second-order valence-electron chi connectivity index (χ2n) is 2.41. The Labute approximate surface area is 87.3 Å². The average Bonchev–Trinajstić information content (AvgIpc) is 2.55. The van der Waals surface area contributed by atoms with Gasteiger partial charge in [-0.1, -0.05) is 6.07 Å². The maximum atomic E-state index is 10.9. The van der Waals surface area contributed by atoms with Gasteiger partial charge >= 0.3 is 5.97 Å². The lowest BCUT2D eigenvalue weighted by atomic mass is 10.2. The van der Waals surface area contributed by atoms with Crippen molar-refractivity contribution in [3.63, 3.8) is 0 Å². The molecule has 0 aliphatic rings. The highest BCUT2D eigenvalue weighted by molar-refractivity contribution is 7.09. The third kappa shape index (κ3) is 3.76. The highest BCUT2D eigenvalue weighted by Gasteiger charge is 2.14. The largest absolute Gasteiger partial charge is 0.468 e. The number of thiophene rings is 1. The first-order valence-electron chi connectivity index (χ1n) is 3.60. The fraction of sp³-hybridized carbons (Fsp3) is 0.375. The summed E-state index contributed by atoms with van der Waals surface area (Å²) >= 11 is 1.59. The first-order chi connectivity index (χ1) is 5.74. The molecule has 0 saturated carbocycles. The molecule has 5 heteroatoms. The minimum Gasteiger partial charge on any atom is -0.468 e. The van der Waals surface area contributed by atoms with Gasteiger partial charge in [-0.2, -0.15) is 0 Å². The molecule has 0 aliphatic heterocycles. The summed E-state index contributed by atoms with van der Waals surface area (Å²) in [5.41, 5.74) is 5.55. The van der Waals surface area contributed by atoms with Crippen molar-refractivity contribution in [1.29, 1.82) is 0 Å². The summed E-state index contributed by atoms with van der Waals surface area (Å²) in [5.74, 6) is -0.358. The van der Waals surface area contributed by atoms with Gasteiger partial charge in [0.25, 0.3) is 0 Å². The molecule has 1 heterocycles. The number of ether oxygens (including phenoxy) is 1. The molecule has 0 amide bonds. The molecule has 13 heavy (non-hydrogen) atoms. The fourth-order valence-electron chi connectivity index (χ4n) is 0.880. The molecular formula is C8H12ClNO2S. The molecule has 1 aromatic rings. The average molecular weight is 222 g/mol. The summed E-state index contributed by atoms with van der Waals surface area (Å²) < 4.78 is 4.50. The van der Waals surface area contributed by atoms with Crippen LogP contribution in [0.15, 0.2) is 17.5 Å². The van der Waals surface area contributed by atoms with E-state index in [1.54, 1.807) is 11.3 Å². The summed E-state index contributed by atoms with van der Waals surface area (Å²) in [4.78, 5) is 12.0. The van der Waals surface area contributed by atoms with Crippen molar-refractivity contribution >= 4 is 29.7 Å². The zero-order valence-electron chi connectivity index (χ0n) is 7.23. The van der Waals surface area contributed by atoms with Crippen LogP contribution >= 0.6 is 23.7 Å². The Hall–Kier alpha value is -0.580. The zero-order valence-corrected chi connectivity index (χ0v) is 8.86. The molecular weight excluding hydrogens is 210 g/mol. The molecule has 1 aromatic heterocycles. The molecule has 3 nitrogen and oxygen atoms in total. The smallest absolute Gasteiger partial charge is 0.323 e. The van der Waals surface area contributed by atoms with Crippen LogP contribution in [0.3, 0.4) is 0 Å². The number of nitrogens with two attached hydrogens (primary N) is 1. The van der Waals surface area contributed by atoms with E-state index in [4.69, 9.17) is 5.73 Å². The predicted molar refractivity (Wildman–Crippen MR) is 55.3 cm³/mol. The normalized spacial score (nSPS) is 11.5. The number of hydrogen-bond donors (Lipinski definition) is 1. The lowest BCUT2D eigenvalue weighted by Gasteiger charge is -2.06. The van der Waals surface area contributed by atoms with Crippen molar-refractivity contribution in [3.8, 4) is 0 Å². The number of halogens is 1. The Balaban J connectivity index is 0.00000144. The van der Waals surface area contributed by atoms with E-state index in [2.05, 4.69) is 4.74 Å². The lowest BCUT2D eigenvalue weighted by Crippen LogP contribution is -2.33. The first-order valence-corrected chi connectivity index (χ1v) is 4.48. The number of hydrogen-bond acceptors (Lipinski definition) is 4. The number of rotatable bonds is 3. The van der Waals surface area contributed by atoms with Gasteiger partial charge in [-0.3, -0.25) is 4.79 Å². The molecule has 74 valence electrons. The van der Waals surface area contributed by atoms with Gasteiger partial charge in [0, 0.05) is 11.3 Å². The molecule has 0 unspecified atom stereocenters. The van der Waals surface area contributed by atoms with E-state index in [-0.39, 0.29) is 18.4 Å². The van der Waals surface area contributed by atoms with E-state index in [9.17, 15) is 4.79 Å².